The van der Waals surface area contributed by atoms with Crippen LogP contribution in [0.15, 0.2) is 48.6 Å². The van der Waals surface area contributed by atoms with E-state index in [4.69, 9.17) is 9.47 Å². The SMILES string of the molecule is C=C[C@@]1(C)[C@@H](O)[C@H]2OC(=O)C(=C)[C@H]2[C@H](OC(=O)/C(C)=C\C)[C@@H]1C(=C)C=O. The average Bonchev–Trinajstić information content (AvgIpc) is 2.93. The maximum absolute atomic E-state index is 12.4. The van der Waals surface area contributed by atoms with Gasteiger partial charge in [0.25, 0.3) is 0 Å². The maximum atomic E-state index is 12.4. The molecule has 0 aromatic rings. The minimum atomic E-state index is -1.16. The van der Waals surface area contributed by atoms with Gasteiger partial charge < -0.3 is 14.6 Å². The number of fused-ring (bicyclic) bond motifs is 1. The first-order valence-corrected chi connectivity index (χ1v) is 8.33. The minimum absolute atomic E-state index is 0.0970. The molecule has 0 aromatic heterocycles. The van der Waals surface area contributed by atoms with Gasteiger partial charge >= 0.3 is 11.9 Å². The number of ether oxygens (including phenoxy) is 2. The summed E-state index contributed by atoms with van der Waals surface area (Å²) in [5.41, 5.74) is -0.495. The van der Waals surface area contributed by atoms with Crippen LogP contribution in [0.25, 0.3) is 0 Å². The van der Waals surface area contributed by atoms with E-state index in [9.17, 15) is 19.5 Å². The Hall–Kier alpha value is -2.47. The van der Waals surface area contributed by atoms with Gasteiger partial charge in [0.1, 0.15) is 24.6 Å². The molecule has 1 N–H and O–H groups in total. The van der Waals surface area contributed by atoms with Crippen LogP contribution in [0.3, 0.4) is 0 Å². The fraction of sp³-hybridized carbons (Fsp3) is 0.450. The van der Waals surface area contributed by atoms with E-state index in [0.29, 0.717) is 11.9 Å². The normalized spacial score (nSPS) is 36.8. The second-order valence-electron chi connectivity index (χ2n) is 6.95. The number of aliphatic hydroxyl groups is 1. The van der Waals surface area contributed by atoms with E-state index in [1.165, 1.54) is 6.08 Å². The predicted octanol–water partition coefficient (Wildman–Crippen LogP) is 1.90. The van der Waals surface area contributed by atoms with Gasteiger partial charge in [-0.1, -0.05) is 32.2 Å². The highest BCUT2D eigenvalue weighted by atomic mass is 16.6. The Morgan fingerprint density at radius 2 is 2.04 bits per heavy atom. The Balaban J connectivity index is 2.61. The maximum Gasteiger partial charge on any atom is 0.334 e. The first-order valence-electron chi connectivity index (χ1n) is 8.33. The Bertz CT molecular complexity index is 718. The van der Waals surface area contributed by atoms with Crippen molar-refractivity contribution in [3.8, 4) is 0 Å². The Morgan fingerprint density at radius 1 is 1.42 bits per heavy atom. The first-order chi connectivity index (χ1) is 12.1. The van der Waals surface area contributed by atoms with Crippen molar-refractivity contribution in [1.82, 2.24) is 0 Å². The number of allylic oxidation sites excluding steroid dienone is 1. The smallest absolute Gasteiger partial charge is 0.334 e. The molecule has 1 heterocycles. The molecular weight excluding hydrogens is 336 g/mol. The van der Waals surface area contributed by atoms with E-state index >= 15 is 0 Å². The number of carbonyl (C=O) groups excluding carboxylic acids is 3. The second-order valence-corrected chi connectivity index (χ2v) is 6.95. The molecule has 0 amide bonds. The fourth-order valence-electron chi connectivity index (χ4n) is 3.76. The number of hydrogen-bond acceptors (Lipinski definition) is 6. The van der Waals surface area contributed by atoms with Gasteiger partial charge in [0.2, 0.25) is 0 Å². The summed E-state index contributed by atoms with van der Waals surface area (Å²) in [7, 11) is 0. The predicted molar refractivity (Wildman–Crippen MR) is 94.8 cm³/mol. The third kappa shape index (κ3) is 2.84. The Labute approximate surface area is 152 Å². The van der Waals surface area contributed by atoms with Gasteiger partial charge in [0.15, 0.2) is 0 Å². The summed E-state index contributed by atoms with van der Waals surface area (Å²) in [6.45, 7) is 16.2. The third-order valence-corrected chi connectivity index (χ3v) is 5.55. The summed E-state index contributed by atoms with van der Waals surface area (Å²) in [6, 6.07) is 0. The van der Waals surface area contributed by atoms with Crippen LogP contribution in [0, 0.1) is 17.3 Å². The topological polar surface area (TPSA) is 89.9 Å². The van der Waals surface area contributed by atoms with Crippen molar-refractivity contribution in [3.05, 3.63) is 48.6 Å². The van der Waals surface area contributed by atoms with Crippen LogP contribution in [-0.2, 0) is 23.9 Å². The van der Waals surface area contributed by atoms with Crippen LogP contribution in [0.4, 0.5) is 0 Å². The molecule has 0 aromatic carbocycles. The Kier molecular flexibility index (Phi) is 5.37. The standard InChI is InChI=1S/C20H24O6/c1-7-10(3)18(23)25-15-13-12(5)19(24)26-16(13)17(22)20(6,8-2)14(15)11(4)9-21/h7-9,13-17,22H,2,4-5H2,1,3,6H3/b10-7-/t13-,14-,15-,16-,17-,20+/m0/s1. The number of carbonyl (C=O) groups is 3. The van der Waals surface area contributed by atoms with Crippen molar-refractivity contribution in [1.29, 1.82) is 0 Å². The lowest BCUT2D eigenvalue weighted by Gasteiger charge is -2.51. The highest BCUT2D eigenvalue weighted by molar-refractivity contribution is 5.92. The number of aliphatic hydroxyl groups excluding tert-OH is 1. The molecule has 0 spiro atoms. The van der Waals surface area contributed by atoms with E-state index in [1.807, 2.05) is 0 Å². The fourth-order valence-corrected chi connectivity index (χ4v) is 3.76. The lowest BCUT2D eigenvalue weighted by atomic mass is 9.57. The van der Waals surface area contributed by atoms with Crippen molar-refractivity contribution in [2.75, 3.05) is 0 Å². The summed E-state index contributed by atoms with van der Waals surface area (Å²) in [4.78, 5) is 35.9. The summed E-state index contributed by atoms with van der Waals surface area (Å²) in [5, 5.41) is 10.9. The van der Waals surface area contributed by atoms with Gasteiger partial charge in [0.05, 0.1) is 5.92 Å². The van der Waals surface area contributed by atoms with E-state index in [2.05, 4.69) is 19.7 Å². The van der Waals surface area contributed by atoms with Crippen LogP contribution in [0.5, 0.6) is 0 Å². The molecule has 6 heteroatoms. The van der Waals surface area contributed by atoms with Gasteiger partial charge in [-0.05, 0) is 19.4 Å². The second kappa shape index (κ2) is 7.03. The van der Waals surface area contributed by atoms with Gasteiger partial charge in [-0.2, -0.15) is 0 Å². The van der Waals surface area contributed by atoms with Crippen molar-refractivity contribution < 1.29 is 29.0 Å². The quantitative estimate of drug-likeness (QED) is 0.349. The molecule has 1 saturated heterocycles. The van der Waals surface area contributed by atoms with Crippen molar-refractivity contribution in [2.24, 2.45) is 17.3 Å². The minimum Gasteiger partial charge on any atom is -0.458 e. The molecule has 2 rings (SSSR count). The molecule has 1 aliphatic heterocycles. The molecule has 0 radical (unpaired) electrons. The largest absolute Gasteiger partial charge is 0.458 e. The number of hydrogen-bond donors (Lipinski definition) is 1. The molecule has 6 nitrogen and oxygen atoms in total. The number of aldehydes is 1. The van der Waals surface area contributed by atoms with Gasteiger partial charge in [-0.15, -0.1) is 6.58 Å². The molecule has 1 saturated carbocycles. The number of esters is 2. The lowest BCUT2D eigenvalue weighted by Crippen LogP contribution is -2.60. The average molecular weight is 360 g/mol. The van der Waals surface area contributed by atoms with Crippen molar-refractivity contribution in [2.45, 2.75) is 39.1 Å². The zero-order valence-electron chi connectivity index (χ0n) is 15.2. The monoisotopic (exact) mass is 360 g/mol. The van der Waals surface area contributed by atoms with Crippen LogP contribution < -0.4 is 0 Å². The van der Waals surface area contributed by atoms with E-state index in [0.717, 1.165) is 0 Å². The highest BCUT2D eigenvalue weighted by Crippen LogP contribution is 2.53. The number of rotatable bonds is 5. The summed E-state index contributed by atoms with van der Waals surface area (Å²) in [5.74, 6) is -2.81. The molecule has 2 fully saturated rings. The molecule has 0 unspecified atom stereocenters. The Morgan fingerprint density at radius 3 is 2.54 bits per heavy atom. The summed E-state index contributed by atoms with van der Waals surface area (Å²) >= 11 is 0. The lowest BCUT2D eigenvalue weighted by molar-refractivity contribution is -0.182. The van der Waals surface area contributed by atoms with E-state index < -0.39 is 47.5 Å². The molecule has 26 heavy (non-hydrogen) atoms. The zero-order chi connectivity index (χ0) is 19.8. The molecule has 6 atom stereocenters. The third-order valence-electron chi connectivity index (χ3n) is 5.55. The molecule has 140 valence electrons. The summed E-state index contributed by atoms with van der Waals surface area (Å²) < 4.78 is 11.0. The first kappa shape index (κ1) is 19.8. The van der Waals surface area contributed by atoms with Crippen LogP contribution in [-0.4, -0.2) is 41.6 Å². The van der Waals surface area contributed by atoms with E-state index in [1.54, 1.807) is 26.8 Å². The molecule has 0 bridgehead atoms. The van der Waals surface area contributed by atoms with Gasteiger partial charge in [0, 0.05) is 22.5 Å². The van der Waals surface area contributed by atoms with Crippen LogP contribution in [0.1, 0.15) is 20.8 Å². The van der Waals surface area contributed by atoms with Crippen molar-refractivity contribution >= 4 is 18.2 Å². The molecule has 1 aliphatic carbocycles. The van der Waals surface area contributed by atoms with E-state index in [-0.39, 0.29) is 11.1 Å². The van der Waals surface area contributed by atoms with Crippen LogP contribution in [0.2, 0.25) is 0 Å². The van der Waals surface area contributed by atoms with Gasteiger partial charge in [-0.25, -0.2) is 9.59 Å². The highest BCUT2D eigenvalue weighted by Gasteiger charge is 2.63. The molecule has 2 aliphatic rings. The summed E-state index contributed by atoms with van der Waals surface area (Å²) in [6.07, 6.45) is 0.573. The van der Waals surface area contributed by atoms with Crippen molar-refractivity contribution in [3.63, 3.8) is 0 Å². The zero-order valence-corrected chi connectivity index (χ0v) is 15.2. The van der Waals surface area contributed by atoms with Gasteiger partial charge in [-0.3, -0.25) is 4.79 Å². The van der Waals surface area contributed by atoms with Crippen LogP contribution >= 0.6 is 0 Å². The molecular formula is C20H24O6.